The van der Waals surface area contributed by atoms with Gasteiger partial charge in [-0.2, -0.15) is 13.2 Å². The zero-order chi connectivity index (χ0) is 16.0. The quantitative estimate of drug-likeness (QED) is 0.854. The molecule has 22 heavy (non-hydrogen) atoms. The molecule has 0 amide bonds. The van der Waals surface area contributed by atoms with E-state index in [0.717, 1.165) is 16.8 Å². The summed E-state index contributed by atoms with van der Waals surface area (Å²) >= 11 is 0. The molecule has 0 heterocycles. The van der Waals surface area contributed by atoms with Crippen molar-refractivity contribution in [1.82, 2.24) is 0 Å². The molecule has 2 rings (SSSR count). The molecule has 118 valence electrons. The molecular formula is C16H16F3NO2. The normalized spacial score (nSPS) is 11.3. The van der Waals surface area contributed by atoms with E-state index in [1.165, 1.54) is 6.07 Å². The summed E-state index contributed by atoms with van der Waals surface area (Å²) in [6.45, 7) is -0.906. The molecule has 6 heteroatoms. The maximum absolute atomic E-state index is 12.1. The second kappa shape index (κ2) is 7.17. The number of halogens is 3. The van der Waals surface area contributed by atoms with Crippen LogP contribution in [0.3, 0.4) is 0 Å². The van der Waals surface area contributed by atoms with E-state index in [1.54, 1.807) is 24.3 Å². The number of rotatable bonds is 6. The fourth-order valence-electron chi connectivity index (χ4n) is 1.89. The van der Waals surface area contributed by atoms with Crippen LogP contribution in [0, 0.1) is 0 Å². The number of alkyl halides is 3. The van der Waals surface area contributed by atoms with E-state index >= 15 is 0 Å². The van der Waals surface area contributed by atoms with Gasteiger partial charge in [0.25, 0.3) is 0 Å². The lowest BCUT2D eigenvalue weighted by Crippen LogP contribution is -2.19. The highest BCUT2D eigenvalue weighted by Gasteiger charge is 2.28. The van der Waals surface area contributed by atoms with Crippen molar-refractivity contribution in [2.24, 2.45) is 0 Å². The lowest BCUT2D eigenvalue weighted by Gasteiger charge is -2.11. The second-order valence-electron chi connectivity index (χ2n) is 4.76. The summed E-state index contributed by atoms with van der Waals surface area (Å²) < 4.78 is 41.1. The van der Waals surface area contributed by atoms with Crippen LogP contribution in [0.2, 0.25) is 0 Å². The number of ether oxygens (including phenoxy) is 1. The second-order valence-corrected chi connectivity index (χ2v) is 4.76. The molecule has 0 aliphatic rings. The van der Waals surface area contributed by atoms with E-state index in [1.807, 2.05) is 18.2 Å². The number of hydrogen-bond donors (Lipinski definition) is 2. The van der Waals surface area contributed by atoms with Gasteiger partial charge in [-0.25, -0.2) is 0 Å². The van der Waals surface area contributed by atoms with Crippen molar-refractivity contribution < 1.29 is 23.0 Å². The van der Waals surface area contributed by atoms with Gasteiger partial charge in [-0.3, -0.25) is 0 Å². The van der Waals surface area contributed by atoms with Crippen molar-refractivity contribution in [3.8, 4) is 5.75 Å². The summed E-state index contributed by atoms with van der Waals surface area (Å²) in [4.78, 5) is 0. The Balaban J connectivity index is 1.95. The van der Waals surface area contributed by atoms with Crippen LogP contribution in [-0.2, 0) is 13.2 Å². The standard InChI is InChI=1S/C16H16F3NO2/c17-16(18,19)11-22-15-6-2-3-12(8-15)9-20-14-5-1-4-13(7-14)10-21/h1-8,20-21H,9-11H2. The molecule has 0 spiro atoms. The fourth-order valence-corrected chi connectivity index (χ4v) is 1.89. The van der Waals surface area contributed by atoms with Gasteiger partial charge in [0.05, 0.1) is 6.61 Å². The maximum Gasteiger partial charge on any atom is 0.422 e. The van der Waals surface area contributed by atoms with Gasteiger partial charge in [0.2, 0.25) is 0 Å². The van der Waals surface area contributed by atoms with Crippen molar-refractivity contribution in [2.75, 3.05) is 11.9 Å². The Morgan fingerprint density at radius 3 is 2.45 bits per heavy atom. The van der Waals surface area contributed by atoms with Crippen LogP contribution in [-0.4, -0.2) is 17.9 Å². The highest BCUT2D eigenvalue weighted by molar-refractivity contribution is 5.46. The predicted octanol–water partition coefficient (Wildman–Crippen LogP) is 3.73. The highest BCUT2D eigenvalue weighted by atomic mass is 19.4. The van der Waals surface area contributed by atoms with Crippen LogP contribution in [0.15, 0.2) is 48.5 Å². The largest absolute Gasteiger partial charge is 0.484 e. The van der Waals surface area contributed by atoms with Crippen molar-refractivity contribution in [1.29, 1.82) is 0 Å². The minimum atomic E-state index is -4.35. The summed E-state index contributed by atoms with van der Waals surface area (Å²) in [5, 5.41) is 12.2. The summed E-state index contributed by atoms with van der Waals surface area (Å²) in [6, 6.07) is 13.8. The van der Waals surface area contributed by atoms with Crippen molar-refractivity contribution in [2.45, 2.75) is 19.3 Å². The number of aliphatic hydroxyl groups is 1. The van der Waals surface area contributed by atoms with Gasteiger partial charge >= 0.3 is 6.18 Å². The third-order valence-electron chi connectivity index (χ3n) is 2.91. The molecule has 0 unspecified atom stereocenters. The average molecular weight is 311 g/mol. The van der Waals surface area contributed by atoms with Gasteiger partial charge in [0.15, 0.2) is 6.61 Å². The Kier molecular flexibility index (Phi) is 5.27. The smallest absolute Gasteiger partial charge is 0.422 e. The average Bonchev–Trinajstić information content (AvgIpc) is 2.51. The summed E-state index contributed by atoms with van der Waals surface area (Å²) in [6.07, 6.45) is -4.35. The van der Waals surface area contributed by atoms with E-state index in [-0.39, 0.29) is 12.4 Å². The summed E-state index contributed by atoms with van der Waals surface area (Å²) in [7, 11) is 0. The van der Waals surface area contributed by atoms with E-state index in [0.29, 0.717) is 6.54 Å². The van der Waals surface area contributed by atoms with E-state index in [4.69, 9.17) is 9.84 Å². The third kappa shape index (κ3) is 5.29. The molecule has 0 radical (unpaired) electrons. The van der Waals surface area contributed by atoms with Gasteiger partial charge in [-0.1, -0.05) is 24.3 Å². The number of anilines is 1. The molecule has 0 fully saturated rings. The van der Waals surface area contributed by atoms with E-state index in [2.05, 4.69) is 5.32 Å². The summed E-state index contributed by atoms with van der Waals surface area (Å²) in [5.74, 6) is 0.181. The topological polar surface area (TPSA) is 41.5 Å². The fraction of sp³-hybridized carbons (Fsp3) is 0.250. The van der Waals surface area contributed by atoms with Gasteiger partial charge in [-0.05, 0) is 35.4 Å². The van der Waals surface area contributed by atoms with Crippen molar-refractivity contribution in [3.05, 3.63) is 59.7 Å². The van der Waals surface area contributed by atoms with Crippen LogP contribution in [0.25, 0.3) is 0 Å². The van der Waals surface area contributed by atoms with Gasteiger partial charge in [0, 0.05) is 12.2 Å². The molecule has 0 aromatic heterocycles. The van der Waals surface area contributed by atoms with Gasteiger partial charge in [-0.15, -0.1) is 0 Å². The Morgan fingerprint density at radius 1 is 1.00 bits per heavy atom. The van der Waals surface area contributed by atoms with Gasteiger partial charge < -0.3 is 15.2 Å². The first kappa shape index (κ1) is 16.2. The Labute approximate surface area is 126 Å². The Bertz CT molecular complexity index is 614. The van der Waals surface area contributed by atoms with Gasteiger partial charge in [0.1, 0.15) is 5.75 Å². The van der Waals surface area contributed by atoms with Crippen molar-refractivity contribution >= 4 is 5.69 Å². The first-order valence-electron chi connectivity index (χ1n) is 6.68. The number of hydrogen-bond acceptors (Lipinski definition) is 3. The maximum atomic E-state index is 12.1. The molecule has 3 nitrogen and oxygen atoms in total. The molecule has 0 saturated carbocycles. The molecule has 2 aromatic carbocycles. The molecule has 0 aliphatic carbocycles. The molecular weight excluding hydrogens is 295 g/mol. The monoisotopic (exact) mass is 311 g/mol. The zero-order valence-electron chi connectivity index (χ0n) is 11.7. The minimum absolute atomic E-state index is 0.0453. The van der Waals surface area contributed by atoms with E-state index in [9.17, 15) is 13.2 Å². The lowest BCUT2D eigenvalue weighted by atomic mass is 10.2. The summed E-state index contributed by atoms with van der Waals surface area (Å²) in [5.41, 5.74) is 2.41. The van der Waals surface area contributed by atoms with Crippen LogP contribution in [0.5, 0.6) is 5.75 Å². The predicted molar refractivity (Wildman–Crippen MR) is 77.7 cm³/mol. The SMILES string of the molecule is OCc1cccc(NCc2cccc(OCC(F)(F)F)c2)c1. The van der Waals surface area contributed by atoms with Crippen LogP contribution in [0.4, 0.5) is 18.9 Å². The third-order valence-corrected chi connectivity index (χ3v) is 2.91. The van der Waals surface area contributed by atoms with Crippen molar-refractivity contribution in [3.63, 3.8) is 0 Å². The Morgan fingerprint density at radius 2 is 1.73 bits per heavy atom. The molecule has 0 atom stereocenters. The molecule has 0 saturated heterocycles. The molecule has 0 aliphatic heterocycles. The Hall–Kier alpha value is -2.21. The minimum Gasteiger partial charge on any atom is -0.484 e. The first-order valence-corrected chi connectivity index (χ1v) is 6.68. The van der Waals surface area contributed by atoms with Crippen LogP contribution < -0.4 is 10.1 Å². The van der Waals surface area contributed by atoms with Crippen LogP contribution >= 0.6 is 0 Å². The number of benzene rings is 2. The highest BCUT2D eigenvalue weighted by Crippen LogP contribution is 2.20. The molecule has 0 bridgehead atoms. The molecule has 2 aromatic rings. The number of nitrogens with one attached hydrogen (secondary N) is 1. The molecule has 2 N–H and O–H groups in total. The zero-order valence-corrected chi connectivity index (χ0v) is 11.7. The number of aliphatic hydroxyl groups excluding tert-OH is 1. The van der Waals surface area contributed by atoms with Crippen LogP contribution in [0.1, 0.15) is 11.1 Å². The van der Waals surface area contributed by atoms with E-state index < -0.39 is 12.8 Å². The lowest BCUT2D eigenvalue weighted by molar-refractivity contribution is -0.153. The first-order chi connectivity index (χ1) is 10.5.